The zero-order valence-corrected chi connectivity index (χ0v) is 14.1. The van der Waals surface area contributed by atoms with Crippen molar-refractivity contribution in [3.63, 3.8) is 0 Å². The first-order valence-electron chi connectivity index (χ1n) is 7.12. The molecule has 0 aliphatic carbocycles. The molecule has 2 heterocycles. The summed E-state index contributed by atoms with van der Waals surface area (Å²) < 4.78 is 1.86. The minimum atomic E-state index is 0.00180. The van der Waals surface area contributed by atoms with Gasteiger partial charge < -0.3 is 10.4 Å². The largest absolute Gasteiger partial charge is 0.395 e. The molecule has 0 aliphatic heterocycles. The Kier molecular flexibility index (Phi) is 4.78. The molecule has 0 radical (unpaired) electrons. The maximum Gasteiger partial charge on any atom is 0.152 e. The second-order valence-electron chi connectivity index (χ2n) is 6.27. The molecule has 2 aromatic rings. The lowest BCUT2D eigenvalue weighted by Gasteiger charge is -2.22. The summed E-state index contributed by atoms with van der Waals surface area (Å²) in [5.41, 5.74) is 2.00. The van der Waals surface area contributed by atoms with Crippen molar-refractivity contribution in [3.05, 3.63) is 24.2 Å². The van der Waals surface area contributed by atoms with Gasteiger partial charge in [0.25, 0.3) is 0 Å². The lowest BCUT2D eigenvalue weighted by molar-refractivity contribution is 0.288. The zero-order chi connectivity index (χ0) is 15.6. The van der Waals surface area contributed by atoms with Crippen molar-refractivity contribution in [2.24, 2.45) is 0 Å². The first kappa shape index (κ1) is 16.1. The monoisotopic (exact) mass is 308 g/mol. The van der Waals surface area contributed by atoms with Crippen molar-refractivity contribution in [3.8, 4) is 0 Å². The van der Waals surface area contributed by atoms with Gasteiger partial charge in [-0.25, -0.2) is 9.50 Å². The molecule has 2 aromatic heterocycles. The lowest BCUT2D eigenvalue weighted by Crippen LogP contribution is -2.31. The van der Waals surface area contributed by atoms with Crippen molar-refractivity contribution in [2.45, 2.75) is 44.4 Å². The number of anilines is 1. The van der Waals surface area contributed by atoms with Crippen LogP contribution in [0.4, 0.5) is 5.82 Å². The summed E-state index contributed by atoms with van der Waals surface area (Å²) >= 11 is 1.65. The van der Waals surface area contributed by atoms with Gasteiger partial charge in [0, 0.05) is 29.1 Å². The number of aliphatic hydroxyl groups is 1. The van der Waals surface area contributed by atoms with Crippen LogP contribution in [0.2, 0.25) is 0 Å². The third kappa shape index (κ3) is 3.49. The number of hydrogen-bond donors (Lipinski definition) is 2. The van der Waals surface area contributed by atoms with Crippen molar-refractivity contribution >= 4 is 23.1 Å². The van der Waals surface area contributed by atoms with Crippen LogP contribution in [0.3, 0.4) is 0 Å². The summed E-state index contributed by atoms with van der Waals surface area (Å²) in [5.74, 6) is 0.806. The van der Waals surface area contributed by atoms with Crippen LogP contribution in [0.5, 0.6) is 0 Å². The number of aliphatic hydroxyl groups excluding tert-OH is 1. The number of rotatable bonds is 5. The highest BCUT2D eigenvalue weighted by Gasteiger charge is 2.21. The molecule has 0 bridgehead atoms. The van der Waals surface area contributed by atoms with Crippen LogP contribution in [0, 0.1) is 0 Å². The van der Waals surface area contributed by atoms with Crippen LogP contribution in [0.15, 0.2) is 18.5 Å². The minimum Gasteiger partial charge on any atom is -0.395 e. The van der Waals surface area contributed by atoms with E-state index in [4.69, 9.17) is 0 Å². The Labute approximate surface area is 130 Å². The first-order chi connectivity index (χ1) is 9.86. The summed E-state index contributed by atoms with van der Waals surface area (Å²) in [5, 5.41) is 17.6. The third-order valence-electron chi connectivity index (χ3n) is 3.56. The van der Waals surface area contributed by atoms with E-state index in [1.54, 1.807) is 18.0 Å². The van der Waals surface area contributed by atoms with E-state index in [2.05, 4.69) is 49.2 Å². The molecular weight excluding hydrogens is 284 g/mol. The highest BCUT2D eigenvalue weighted by Crippen LogP contribution is 2.25. The van der Waals surface area contributed by atoms with Crippen LogP contribution in [-0.2, 0) is 5.41 Å². The van der Waals surface area contributed by atoms with Crippen molar-refractivity contribution in [2.75, 3.05) is 18.2 Å². The zero-order valence-electron chi connectivity index (χ0n) is 13.3. The van der Waals surface area contributed by atoms with E-state index in [1.807, 2.05) is 17.0 Å². The molecule has 0 aromatic carbocycles. The number of nitrogens with one attached hydrogen (secondary N) is 1. The lowest BCUT2D eigenvalue weighted by atomic mass is 9.92. The van der Waals surface area contributed by atoms with Gasteiger partial charge in [0.2, 0.25) is 0 Å². The van der Waals surface area contributed by atoms with Crippen LogP contribution >= 0.6 is 11.8 Å². The predicted molar refractivity (Wildman–Crippen MR) is 89.2 cm³/mol. The Balaban J connectivity index is 2.34. The van der Waals surface area contributed by atoms with Crippen LogP contribution in [-0.4, -0.2) is 43.9 Å². The smallest absolute Gasteiger partial charge is 0.152 e. The predicted octanol–water partition coefficient (Wildman–Crippen LogP) is 2.55. The average molecular weight is 308 g/mol. The molecule has 21 heavy (non-hydrogen) atoms. The summed E-state index contributed by atoms with van der Waals surface area (Å²) in [6.07, 6.45) is 5.61. The molecule has 6 heteroatoms. The molecular formula is C15H24N4OS. The van der Waals surface area contributed by atoms with E-state index in [-0.39, 0.29) is 23.3 Å². The Morgan fingerprint density at radius 3 is 2.71 bits per heavy atom. The molecule has 0 fully saturated rings. The Morgan fingerprint density at radius 1 is 1.43 bits per heavy atom. The number of thioether (sulfide) groups is 1. The standard InChI is InChI=1S/C15H24N4OS/c1-10(12(9-20)21-5)17-14-11-8-13(15(2,3)4)18-19(11)7-6-16-14/h6-8,10,12,20H,9H2,1-5H3,(H,16,17). The molecule has 2 N–H and O–H groups in total. The van der Waals surface area contributed by atoms with Gasteiger partial charge >= 0.3 is 0 Å². The number of nitrogens with zero attached hydrogens (tertiary/aromatic N) is 3. The van der Waals surface area contributed by atoms with Gasteiger partial charge in [-0.15, -0.1) is 0 Å². The highest BCUT2D eigenvalue weighted by molar-refractivity contribution is 7.99. The summed E-state index contributed by atoms with van der Waals surface area (Å²) in [7, 11) is 0. The fourth-order valence-electron chi connectivity index (χ4n) is 2.15. The summed E-state index contributed by atoms with van der Waals surface area (Å²) in [6, 6.07) is 2.20. The van der Waals surface area contributed by atoms with Crippen LogP contribution in [0.1, 0.15) is 33.4 Å². The molecule has 116 valence electrons. The van der Waals surface area contributed by atoms with Crippen LogP contribution < -0.4 is 5.32 Å². The van der Waals surface area contributed by atoms with E-state index in [1.165, 1.54) is 0 Å². The first-order valence-corrected chi connectivity index (χ1v) is 8.40. The normalized spacial score (nSPS) is 15.1. The number of hydrogen-bond acceptors (Lipinski definition) is 5. The molecule has 0 saturated heterocycles. The van der Waals surface area contributed by atoms with Crippen molar-refractivity contribution < 1.29 is 5.11 Å². The van der Waals surface area contributed by atoms with E-state index >= 15 is 0 Å². The second kappa shape index (κ2) is 6.23. The maximum atomic E-state index is 9.40. The van der Waals surface area contributed by atoms with E-state index < -0.39 is 0 Å². The van der Waals surface area contributed by atoms with Gasteiger partial charge in [0.1, 0.15) is 5.52 Å². The van der Waals surface area contributed by atoms with E-state index in [9.17, 15) is 5.11 Å². The topological polar surface area (TPSA) is 62.5 Å². The quantitative estimate of drug-likeness (QED) is 0.889. The van der Waals surface area contributed by atoms with Crippen molar-refractivity contribution in [1.29, 1.82) is 0 Å². The van der Waals surface area contributed by atoms with Gasteiger partial charge in [-0.3, -0.25) is 0 Å². The summed E-state index contributed by atoms with van der Waals surface area (Å²) in [6.45, 7) is 8.64. The Morgan fingerprint density at radius 2 is 2.14 bits per heavy atom. The average Bonchev–Trinajstić information content (AvgIpc) is 2.85. The van der Waals surface area contributed by atoms with Gasteiger partial charge in [-0.2, -0.15) is 16.9 Å². The number of aromatic nitrogens is 3. The number of fused-ring (bicyclic) bond motifs is 1. The molecule has 0 saturated carbocycles. The molecule has 2 unspecified atom stereocenters. The molecule has 0 spiro atoms. The van der Waals surface area contributed by atoms with Gasteiger partial charge in [-0.05, 0) is 19.2 Å². The Hall–Kier alpha value is -1.27. The summed E-state index contributed by atoms with van der Waals surface area (Å²) in [4.78, 5) is 4.43. The van der Waals surface area contributed by atoms with Gasteiger partial charge in [-0.1, -0.05) is 20.8 Å². The van der Waals surface area contributed by atoms with Crippen LogP contribution in [0.25, 0.3) is 5.52 Å². The molecule has 0 aliphatic rings. The van der Waals surface area contributed by atoms with Crippen molar-refractivity contribution in [1.82, 2.24) is 14.6 Å². The van der Waals surface area contributed by atoms with E-state index in [0.717, 1.165) is 17.0 Å². The van der Waals surface area contributed by atoms with Gasteiger partial charge in [0.15, 0.2) is 5.82 Å². The molecule has 2 rings (SSSR count). The molecule has 5 nitrogen and oxygen atoms in total. The van der Waals surface area contributed by atoms with E-state index in [0.29, 0.717) is 0 Å². The minimum absolute atomic E-state index is 0.00180. The highest BCUT2D eigenvalue weighted by atomic mass is 32.2. The molecule has 0 amide bonds. The van der Waals surface area contributed by atoms with Gasteiger partial charge in [0.05, 0.1) is 12.3 Å². The third-order valence-corrected chi connectivity index (χ3v) is 4.73. The Bertz CT molecular complexity index is 601. The maximum absolute atomic E-state index is 9.40. The second-order valence-corrected chi connectivity index (χ2v) is 7.35. The SMILES string of the molecule is CSC(CO)C(C)Nc1nccn2nc(C(C)(C)C)cc12. The fraction of sp³-hybridized carbons (Fsp3) is 0.600. The fourth-order valence-corrected chi connectivity index (χ4v) is 2.77. The molecule has 2 atom stereocenters.